The normalized spacial score (nSPS) is 17.7. The van der Waals surface area contributed by atoms with Crippen LogP contribution in [0.1, 0.15) is 43.7 Å². The molecule has 2 aromatic carbocycles. The van der Waals surface area contributed by atoms with E-state index in [1.807, 2.05) is 49.5 Å². The van der Waals surface area contributed by atoms with Gasteiger partial charge in [-0.1, -0.05) is 61.7 Å². The first-order valence-electron chi connectivity index (χ1n) is 8.11. The molecule has 2 aromatic rings. The Hall–Kier alpha value is -1.87. The second-order valence-electron chi connectivity index (χ2n) is 6.27. The van der Waals surface area contributed by atoms with Crippen molar-refractivity contribution in [1.82, 2.24) is 4.90 Å². The van der Waals surface area contributed by atoms with Crippen LogP contribution in [0.2, 0.25) is 0 Å². The molecule has 3 rings (SSSR count). The Morgan fingerprint density at radius 3 is 2.50 bits per heavy atom. The van der Waals surface area contributed by atoms with Gasteiger partial charge in [-0.15, -0.1) is 0 Å². The molecule has 0 amide bonds. The number of likely N-dealkylation sites (N-methyl/N-ethyl adjacent to an activating group) is 1. The smallest absolute Gasteiger partial charge is 0.325 e. The van der Waals surface area contributed by atoms with Crippen molar-refractivity contribution in [2.45, 2.75) is 44.2 Å². The molecule has 116 valence electrons. The van der Waals surface area contributed by atoms with Crippen molar-refractivity contribution in [3.63, 3.8) is 0 Å². The van der Waals surface area contributed by atoms with E-state index >= 15 is 0 Å². The van der Waals surface area contributed by atoms with Gasteiger partial charge in [0, 0.05) is 6.04 Å². The van der Waals surface area contributed by atoms with Crippen molar-refractivity contribution in [3.8, 4) is 0 Å². The zero-order chi connectivity index (χ0) is 15.5. The second-order valence-corrected chi connectivity index (χ2v) is 6.27. The summed E-state index contributed by atoms with van der Waals surface area (Å²) in [4.78, 5) is 14.1. The Labute approximate surface area is 131 Å². The predicted octanol–water partition coefficient (Wildman–Crippen LogP) is 4.23. The molecule has 1 aliphatic rings. The fraction of sp³-hybridized carbons (Fsp3) is 0.421. The second kappa shape index (κ2) is 6.49. The molecule has 22 heavy (non-hydrogen) atoms. The summed E-state index contributed by atoms with van der Waals surface area (Å²) in [6.07, 6.45) is 5.89. The summed E-state index contributed by atoms with van der Waals surface area (Å²) in [5, 5.41) is 12.0. The highest BCUT2D eigenvalue weighted by atomic mass is 16.4. The summed E-state index contributed by atoms with van der Waals surface area (Å²) in [7, 11) is 1.97. The molecule has 1 aliphatic carbocycles. The topological polar surface area (TPSA) is 40.5 Å². The van der Waals surface area contributed by atoms with Crippen LogP contribution in [-0.2, 0) is 4.79 Å². The molecular weight excluding hydrogens is 274 g/mol. The number of aliphatic carboxylic acids is 1. The fourth-order valence-corrected chi connectivity index (χ4v) is 3.71. The van der Waals surface area contributed by atoms with Gasteiger partial charge in [0.15, 0.2) is 0 Å². The van der Waals surface area contributed by atoms with Crippen LogP contribution < -0.4 is 0 Å². The number of benzene rings is 2. The third-order valence-corrected chi connectivity index (χ3v) is 4.91. The summed E-state index contributed by atoms with van der Waals surface area (Å²) < 4.78 is 0. The minimum absolute atomic E-state index is 0.369. The zero-order valence-corrected chi connectivity index (χ0v) is 13.0. The van der Waals surface area contributed by atoms with E-state index < -0.39 is 12.0 Å². The van der Waals surface area contributed by atoms with Gasteiger partial charge in [-0.2, -0.15) is 0 Å². The summed E-state index contributed by atoms with van der Waals surface area (Å²) in [5.41, 5.74) is 0.902. The summed E-state index contributed by atoms with van der Waals surface area (Å²) in [6, 6.07) is 13.8. The number of rotatable bonds is 4. The number of carbonyl (C=O) groups is 1. The van der Waals surface area contributed by atoms with Gasteiger partial charge in [0.2, 0.25) is 0 Å². The lowest BCUT2D eigenvalue weighted by Gasteiger charge is -2.35. The predicted molar refractivity (Wildman–Crippen MR) is 89.0 cm³/mol. The molecule has 1 fully saturated rings. The van der Waals surface area contributed by atoms with Gasteiger partial charge in [-0.25, -0.2) is 0 Å². The number of hydrogen-bond acceptors (Lipinski definition) is 2. The lowest BCUT2D eigenvalue weighted by Crippen LogP contribution is -2.40. The summed E-state index contributed by atoms with van der Waals surface area (Å²) >= 11 is 0. The number of nitrogens with zero attached hydrogens (tertiary/aromatic N) is 1. The molecule has 3 heteroatoms. The van der Waals surface area contributed by atoms with E-state index in [1.165, 1.54) is 19.3 Å². The van der Waals surface area contributed by atoms with Crippen LogP contribution in [0.25, 0.3) is 10.8 Å². The maximum absolute atomic E-state index is 12.0. The van der Waals surface area contributed by atoms with E-state index in [0.717, 1.165) is 29.2 Å². The van der Waals surface area contributed by atoms with Gasteiger partial charge in [0.1, 0.15) is 6.04 Å². The molecule has 1 saturated carbocycles. The Kier molecular flexibility index (Phi) is 4.44. The van der Waals surface area contributed by atoms with Crippen molar-refractivity contribution in [1.29, 1.82) is 0 Å². The van der Waals surface area contributed by atoms with E-state index in [4.69, 9.17) is 0 Å². The van der Waals surface area contributed by atoms with E-state index in [1.54, 1.807) is 0 Å². The summed E-state index contributed by atoms with van der Waals surface area (Å²) in [5.74, 6) is -0.760. The zero-order valence-electron chi connectivity index (χ0n) is 13.0. The minimum atomic E-state index is -0.760. The van der Waals surface area contributed by atoms with Crippen LogP contribution in [0, 0.1) is 0 Å². The first-order chi connectivity index (χ1) is 10.7. The van der Waals surface area contributed by atoms with E-state index in [0.29, 0.717) is 6.04 Å². The first-order valence-corrected chi connectivity index (χ1v) is 8.11. The molecule has 0 heterocycles. The Morgan fingerprint density at radius 2 is 1.77 bits per heavy atom. The molecule has 1 atom stereocenters. The van der Waals surface area contributed by atoms with E-state index in [9.17, 15) is 9.90 Å². The van der Waals surface area contributed by atoms with Crippen molar-refractivity contribution in [2.24, 2.45) is 0 Å². The molecule has 0 spiro atoms. The van der Waals surface area contributed by atoms with E-state index in [-0.39, 0.29) is 0 Å². The SMILES string of the molecule is CN(C1CCCCC1)C(C(=O)O)c1cccc2ccccc12. The van der Waals surface area contributed by atoms with Crippen molar-refractivity contribution in [3.05, 3.63) is 48.0 Å². The highest BCUT2D eigenvalue weighted by Crippen LogP contribution is 2.32. The average molecular weight is 297 g/mol. The molecule has 0 radical (unpaired) electrons. The third-order valence-electron chi connectivity index (χ3n) is 4.91. The molecule has 3 nitrogen and oxygen atoms in total. The number of hydrogen-bond donors (Lipinski definition) is 1. The van der Waals surface area contributed by atoms with Crippen LogP contribution >= 0.6 is 0 Å². The van der Waals surface area contributed by atoms with Crippen molar-refractivity contribution in [2.75, 3.05) is 7.05 Å². The van der Waals surface area contributed by atoms with Crippen LogP contribution in [0.3, 0.4) is 0 Å². The largest absolute Gasteiger partial charge is 0.480 e. The standard InChI is InChI=1S/C19H23NO2/c1-20(15-10-3-2-4-11-15)18(19(21)22)17-13-7-9-14-8-5-6-12-16(14)17/h5-9,12-13,15,18H,2-4,10-11H2,1H3,(H,21,22). The molecule has 0 aliphatic heterocycles. The van der Waals surface area contributed by atoms with Gasteiger partial charge in [-0.05, 0) is 36.2 Å². The van der Waals surface area contributed by atoms with Gasteiger partial charge < -0.3 is 5.11 Å². The molecular formula is C19H23NO2. The molecule has 1 unspecified atom stereocenters. The van der Waals surface area contributed by atoms with Crippen molar-refractivity contribution < 1.29 is 9.90 Å². The highest BCUT2D eigenvalue weighted by Gasteiger charge is 2.31. The van der Waals surface area contributed by atoms with Gasteiger partial charge in [0.05, 0.1) is 0 Å². The fourth-order valence-electron chi connectivity index (χ4n) is 3.71. The van der Waals surface area contributed by atoms with Crippen LogP contribution in [0.15, 0.2) is 42.5 Å². The molecule has 0 aromatic heterocycles. The van der Waals surface area contributed by atoms with Crippen molar-refractivity contribution >= 4 is 16.7 Å². The maximum atomic E-state index is 12.0. The van der Waals surface area contributed by atoms with Crippen LogP contribution in [0.5, 0.6) is 0 Å². The Morgan fingerprint density at radius 1 is 1.09 bits per heavy atom. The minimum Gasteiger partial charge on any atom is -0.480 e. The van der Waals surface area contributed by atoms with E-state index in [2.05, 4.69) is 4.90 Å². The lowest BCUT2D eigenvalue weighted by molar-refractivity contribution is -0.144. The van der Waals surface area contributed by atoms with Gasteiger partial charge in [0.25, 0.3) is 0 Å². The van der Waals surface area contributed by atoms with Gasteiger partial charge >= 0.3 is 5.97 Å². The van der Waals surface area contributed by atoms with Crippen LogP contribution in [0.4, 0.5) is 0 Å². The third kappa shape index (κ3) is 2.86. The molecule has 1 N–H and O–H groups in total. The molecule has 0 bridgehead atoms. The number of carboxylic acid groups (broad SMARTS) is 1. The Balaban J connectivity index is 2.01. The monoisotopic (exact) mass is 297 g/mol. The lowest BCUT2D eigenvalue weighted by atomic mass is 9.91. The highest BCUT2D eigenvalue weighted by molar-refractivity contribution is 5.90. The first kappa shape index (κ1) is 15.0. The van der Waals surface area contributed by atoms with Crippen LogP contribution in [-0.4, -0.2) is 29.1 Å². The number of fused-ring (bicyclic) bond motifs is 1. The Bertz CT molecular complexity index is 656. The summed E-state index contributed by atoms with van der Waals surface area (Å²) in [6.45, 7) is 0. The maximum Gasteiger partial charge on any atom is 0.325 e. The number of carboxylic acids is 1. The molecule has 0 saturated heterocycles. The quantitative estimate of drug-likeness (QED) is 0.918. The average Bonchev–Trinajstić information content (AvgIpc) is 2.56. The van der Waals surface area contributed by atoms with Gasteiger partial charge in [-0.3, -0.25) is 9.69 Å².